The number of nitrogens with zero attached hydrogens (tertiary/aromatic N) is 1. The van der Waals surface area contributed by atoms with E-state index in [0.29, 0.717) is 36.9 Å². The maximum absolute atomic E-state index is 13.5. The fourth-order valence-corrected chi connectivity index (χ4v) is 6.35. The van der Waals surface area contributed by atoms with E-state index in [4.69, 9.17) is 0 Å². The summed E-state index contributed by atoms with van der Waals surface area (Å²) in [4.78, 5) is 40.3. The Kier molecular flexibility index (Phi) is 7.38. The molecular formula is C31H37FN4O3. The molecule has 0 bridgehead atoms. The fraction of sp³-hybridized carbons (Fsp3) is 0.516. The Hall–Kier alpha value is -3.26. The monoisotopic (exact) mass is 532 g/mol. The van der Waals surface area contributed by atoms with Gasteiger partial charge in [0.1, 0.15) is 6.17 Å². The van der Waals surface area contributed by atoms with Gasteiger partial charge in [-0.2, -0.15) is 0 Å². The maximum atomic E-state index is 13.5. The summed E-state index contributed by atoms with van der Waals surface area (Å²) in [7, 11) is 0. The van der Waals surface area contributed by atoms with Gasteiger partial charge in [-0.3, -0.25) is 14.4 Å². The molecule has 2 saturated carbocycles. The maximum Gasteiger partial charge on any atom is 0.251 e. The van der Waals surface area contributed by atoms with Gasteiger partial charge in [0.25, 0.3) is 5.91 Å². The first kappa shape index (κ1) is 26.0. The normalized spacial score (nSPS) is 30.0. The van der Waals surface area contributed by atoms with Crippen LogP contribution in [0.25, 0.3) is 0 Å². The lowest BCUT2D eigenvalue weighted by molar-refractivity contribution is -0.133. The topological polar surface area (TPSA) is 90.5 Å². The average Bonchev–Trinajstić information content (AvgIpc) is 3.56. The lowest BCUT2D eigenvalue weighted by Gasteiger charge is -2.36. The van der Waals surface area contributed by atoms with Crippen LogP contribution in [0.4, 0.5) is 4.39 Å². The lowest BCUT2D eigenvalue weighted by Crippen LogP contribution is -2.46. The number of carbonyl (C=O) groups excluding carboxylic acids is 3. The van der Waals surface area contributed by atoms with E-state index in [1.807, 2.05) is 23.1 Å². The number of halogens is 1. The van der Waals surface area contributed by atoms with E-state index >= 15 is 0 Å². The van der Waals surface area contributed by atoms with Crippen LogP contribution >= 0.6 is 0 Å². The van der Waals surface area contributed by atoms with Gasteiger partial charge in [0.2, 0.25) is 11.8 Å². The minimum atomic E-state index is -1.01. The Morgan fingerprint density at radius 2 is 1.59 bits per heavy atom. The molecule has 0 radical (unpaired) electrons. The molecular weight excluding hydrogens is 495 g/mol. The quantitative estimate of drug-likeness (QED) is 0.487. The second-order valence-electron chi connectivity index (χ2n) is 11.8. The van der Waals surface area contributed by atoms with Crippen molar-refractivity contribution in [2.75, 3.05) is 19.6 Å². The first-order chi connectivity index (χ1) is 18.9. The van der Waals surface area contributed by atoms with Crippen molar-refractivity contribution in [1.29, 1.82) is 0 Å². The van der Waals surface area contributed by atoms with Crippen molar-refractivity contribution in [1.82, 2.24) is 20.9 Å². The van der Waals surface area contributed by atoms with Gasteiger partial charge >= 0.3 is 0 Å². The number of carbonyl (C=O) groups is 3. The highest BCUT2D eigenvalue weighted by Gasteiger charge is 2.42. The van der Waals surface area contributed by atoms with Gasteiger partial charge in [-0.25, -0.2) is 4.39 Å². The zero-order valence-electron chi connectivity index (χ0n) is 22.2. The van der Waals surface area contributed by atoms with Crippen LogP contribution in [0.15, 0.2) is 54.6 Å². The second-order valence-corrected chi connectivity index (χ2v) is 11.8. The molecule has 0 aromatic heterocycles. The number of rotatable bonds is 8. The summed E-state index contributed by atoms with van der Waals surface area (Å²) in [5.74, 6) is 0.915. The fourth-order valence-electron chi connectivity index (χ4n) is 6.35. The number of hydrogen-bond acceptors (Lipinski definition) is 4. The second kappa shape index (κ2) is 11.1. The number of hydrogen-bond donors (Lipinski definition) is 3. The summed E-state index contributed by atoms with van der Waals surface area (Å²) in [5, 5.41) is 8.93. The highest BCUT2D eigenvalue weighted by atomic mass is 19.1. The molecule has 3 amide bonds. The largest absolute Gasteiger partial charge is 0.350 e. The number of amides is 3. The third kappa shape index (κ3) is 5.86. The molecule has 2 saturated heterocycles. The summed E-state index contributed by atoms with van der Waals surface area (Å²) in [6, 6.07) is 17.6. The standard InChI is InChI=1S/C31H37FN4O3/c32-25-14-28(33-16-25)30(38)35-26-15-27(36(18-26)31(39)22-10-11-22)17-34-29(37)21-8-6-20(7-9-21)24-12-23(13-24)19-4-2-1-3-5-19/h1-9,22-28,33H,10-18H2,(H,34,37)(H,35,38)/t23?,24?,25-,26+,27+,28-/m0/s1. The van der Waals surface area contributed by atoms with Crippen LogP contribution in [-0.2, 0) is 9.59 Å². The molecule has 2 aliphatic heterocycles. The van der Waals surface area contributed by atoms with Crippen molar-refractivity contribution in [2.45, 2.75) is 74.7 Å². The highest BCUT2D eigenvalue weighted by molar-refractivity contribution is 5.94. The van der Waals surface area contributed by atoms with E-state index in [2.05, 4.69) is 52.3 Å². The zero-order valence-corrected chi connectivity index (χ0v) is 22.2. The third-order valence-corrected chi connectivity index (χ3v) is 8.92. The molecule has 2 aromatic carbocycles. The van der Waals surface area contributed by atoms with Crippen LogP contribution < -0.4 is 16.0 Å². The Morgan fingerprint density at radius 3 is 2.23 bits per heavy atom. The minimum Gasteiger partial charge on any atom is -0.350 e. The molecule has 4 atom stereocenters. The molecule has 4 aliphatic rings. The summed E-state index contributed by atoms with van der Waals surface area (Å²) < 4.78 is 13.5. The van der Waals surface area contributed by atoms with Crippen molar-refractivity contribution in [3.8, 4) is 0 Å². The first-order valence-corrected chi connectivity index (χ1v) is 14.4. The van der Waals surface area contributed by atoms with Crippen LogP contribution in [0.3, 0.4) is 0 Å². The summed E-state index contributed by atoms with van der Waals surface area (Å²) in [6.45, 7) is 0.952. The predicted octanol–water partition coefficient (Wildman–Crippen LogP) is 3.27. The van der Waals surface area contributed by atoms with Crippen LogP contribution in [0.2, 0.25) is 0 Å². The third-order valence-electron chi connectivity index (χ3n) is 8.92. The Balaban J connectivity index is 1.02. The number of alkyl halides is 1. The van der Waals surface area contributed by atoms with Gasteiger partial charge in [-0.05, 0) is 67.2 Å². The molecule has 3 N–H and O–H groups in total. The first-order valence-electron chi connectivity index (χ1n) is 14.4. The summed E-state index contributed by atoms with van der Waals surface area (Å²) in [6.07, 6.45) is 3.80. The van der Waals surface area contributed by atoms with E-state index in [-0.39, 0.29) is 48.7 Å². The predicted molar refractivity (Wildman–Crippen MR) is 146 cm³/mol. The van der Waals surface area contributed by atoms with Crippen LogP contribution in [-0.4, -0.2) is 66.6 Å². The molecule has 39 heavy (non-hydrogen) atoms. The van der Waals surface area contributed by atoms with Crippen molar-refractivity contribution in [3.05, 3.63) is 71.3 Å². The Labute approximate surface area is 228 Å². The highest BCUT2D eigenvalue weighted by Crippen LogP contribution is 2.47. The molecule has 0 spiro atoms. The van der Waals surface area contributed by atoms with Crippen molar-refractivity contribution >= 4 is 17.7 Å². The molecule has 0 unspecified atom stereocenters. The van der Waals surface area contributed by atoms with Crippen LogP contribution in [0.5, 0.6) is 0 Å². The molecule has 6 rings (SSSR count). The van der Waals surface area contributed by atoms with Crippen molar-refractivity contribution in [3.63, 3.8) is 0 Å². The van der Waals surface area contributed by atoms with Gasteiger partial charge in [-0.1, -0.05) is 42.5 Å². The lowest BCUT2D eigenvalue weighted by atomic mass is 9.68. The molecule has 2 heterocycles. The minimum absolute atomic E-state index is 0.0574. The average molecular weight is 533 g/mol. The smallest absolute Gasteiger partial charge is 0.251 e. The molecule has 206 valence electrons. The van der Waals surface area contributed by atoms with Gasteiger partial charge < -0.3 is 20.9 Å². The van der Waals surface area contributed by atoms with Gasteiger partial charge in [0.05, 0.1) is 12.1 Å². The molecule has 2 aliphatic carbocycles. The molecule has 8 heteroatoms. The molecule has 2 aromatic rings. The zero-order chi connectivity index (χ0) is 26.9. The van der Waals surface area contributed by atoms with E-state index in [1.54, 1.807) is 0 Å². The van der Waals surface area contributed by atoms with Gasteiger partial charge in [0.15, 0.2) is 0 Å². The van der Waals surface area contributed by atoms with E-state index in [1.165, 1.54) is 11.1 Å². The van der Waals surface area contributed by atoms with E-state index in [9.17, 15) is 18.8 Å². The van der Waals surface area contributed by atoms with Crippen molar-refractivity contribution in [2.24, 2.45) is 5.92 Å². The summed E-state index contributed by atoms with van der Waals surface area (Å²) in [5.41, 5.74) is 3.27. The number of nitrogens with one attached hydrogen (secondary N) is 3. The molecule has 4 fully saturated rings. The van der Waals surface area contributed by atoms with E-state index < -0.39 is 12.2 Å². The Morgan fingerprint density at radius 1 is 0.897 bits per heavy atom. The summed E-state index contributed by atoms with van der Waals surface area (Å²) >= 11 is 0. The van der Waals surface area contributed by atoms with E-state index in [0.717, 1.165) is 25.7 Å². The SMILES string of the molecule is O=C(NC[C@H]1C[C@@H](NC(=O)[C@@H]2C[C@H](F)CN2)CN1C(=O)C1CC1)c1ccc(C2CC(c3ccccc3)C2)cc1. The van der Waals surface area contributed by atoms with Crippen molar-refractivity contribution < 1.29 is 18.8 Å². The number of likely N-dealkylation sites (tertiary alicyclic amines) is 1. The Bertz CT molecular complexity index is 1200. The number of benzene rings is 2. The van der Waals surface area contributed by atoms with Gasteiger partial charge in [0, 0.05) is 43.6 Å². The van der Waals surface area contributed by atoms with Gasteiger partial charge in [-0.15, -0.1) is 0 Å². The van der Waals surface area contributed by atoms with Crippen LogP contribution in [0.1, 0.15) is 71.8 Å². The van der Waals surface area contributed by atoms with Crippen LogP contribution in [0, 0.1) is 5.92 Å². The molecule has 7 nitrogen and oxygen atoms in total.